The molecule has 0 aromatic carbocycles. The molecular formula is C14H24F3NO. The van der Waals surface area contributed by atoms with Crippen molar-refractivity contribution in [3.8, 4) is 0 Å². The molecule has 0 aliphatic heterocycles. The van der Waals surface area contributed by atoms with Crippen LogP contribution in [0.3, 0.4) is 0 Å². The fourth-order valence-electron chi connectivity index (χ4n) is 3.59. The minimum absolute atomic E-state index is 0.0301. The average molecular weight is 279 g/mol. The molecule has 2 nitrogen and oxygen atoms in total. The second kappa shape index (κ2) is 6.44. The van der Waals surface area contributed by atoms with Gasteiger partial charge in [0.25, 0.3) is 0 Å². The van der Waals surface area contributed by atoms with Gasteiger partial charge in [-0.2, -0.15) is 13.2 Å². The van der Waals surface area contributed by atoms with Gasteiger partial charge in [-0.05, 0) is 38.0 Å². The molecular weight excluding hydrogens is 255 g/mol. The summed E-state index contributed by atoms with van der Waals surface area (Å²) in [6, 6.07) is 0.174. The molecule has 4 atom stereocenters. The van der Waals surface area contributed by atoms with E-state index >= 15 is 0 Å². The molecule has 2 aliphatic carbocycles. The third-order valence-corrected chi connectivity index (χ3v) is 4.73. The molecule has 19 heavy (non-hydrogen) atoms. The molecule has 112 valence electrons. The van der Waals surface area contributed by atoms with E-state index in [1.807, 2.05) is 0 Å². The summed E-state index contributed by atoms with van der Waals surface area (Å²) in [4.78, 5) is 0. The third kappa shape index (κ3) is 4.09. The SMILES string of the molecule is OC[C@@H]1CCCC[C@@H]1N[C@@H]1CCC[C@@H](C(F)(F)F)C1. The number of aliphatic hydroxyl groups is 1. The highest BCUT2D eigenvalue weighted by Crippen LogP contribution is 2.38. The summed E-state index contributed by atoms with van der Waals surface area (Å²) >= 11 is 0. The Morgan fingerprint density at radius 1 is 1.00 bits per heavy atom. The smallest absolute Gasteiger partial charge is 0.391 e. The Hall–Kier alpha value is -0.290. The van der Waals surface area contributed by atoms with E-state index in [4.69, 9.17) is 0 Å². The van der Waals surface area contributed by atoms with E-state index in [1.54, 1.807) is 0 Å². The largest absolute Gasteiger partial charge is 0.396 e. The average Bonchev–Trinajstić information content (AvgIpc) is 2.39. The first-order valence-corrected chi connectivity index (χ1v) is 7.44. The molecule has 2 aliphatic rings. The highest BCUT2D eigenvalue weighted by molar-refractivity contribution is 4.87. The van der Waals surface area contributed by atoms with Crippen LogP contribution in [0, 0.1) is 11.8 Å². The molecule has 0 heterocycles. The summed E-state index contributed by atoms with van der Waals surface area (Å²) in [6.45, 7) is 0.146. The van der Waals surface area contributed by atoms with Crippen molar-refractivity contribution in [1.29, 1.82) is 0 Å². The maximum absolute atomic E-state index is 12.8. The van der Waals surface area contributed by atoms with Crippen LogP contribution in [-0.4, -0.2) is 30.0 Å². The molecule has 0 saturated heterocycles. The Morgan fingerprint density at radius 2 is 1.74 bits per heavy atom. The number of rotatable bonds is 3. The van der Waals surface area contributed by atoms with E-state index in [2.05, 4.69) is 5.32 Å². The van der Waals surface area contributed by atoms with Crippen LogP contribution < -0.4 is 5.32 Å². The van der Waals surface area contributed by atoms with Gasteiger partial charge >= 0.3 is 6.18 Å². The predicted octanol–water partition coefficient (Wildman–Crippen LogP) is 3.25. The van der Waals surface area contributed by atoms with Crippen LogP contribution in [0.2, 0.25) is 0 Å². The lowest BCUT2D eigenvalue weighted by Gasteiger charge is -2.38. The Morgan fingerprint density at radius 3 is 2.42 bits per heavy atom. The second-order valence-electron chi connectivity index (χ2n) is 6.10. The molecule has 0 spiro atoms. The van der Waals surface area contributed by atoms with Gasteiger partial charge in [0.2, 0.25) is 0 Å². The lowest BCUT2D eigenvalue weighted by Crippen LogP contribution is -2.48. The van der Waals surface area contributed by atoms with E-state index in [-0.39, 0.29) is 37.5 Å². The number of halogens is 3. The van der Waals surface area contributed by atoms with Crippen molar-refractivity contribution in [3.63, 3.8) is 0 Å². The fourth-order valence-corrected chi connectivity index (χ4v) is 3.59. The number of hydrogen-bond donors (Lipinski definition) is 2. The van der Waals surface area contributed by atoms with Crippen LogP contribution in [0.15, 0.2) is 0 Å². The van der Waals surface area contributed by atoms with Crippen molar-refractivity contribution < 1.29 is 18.3 Å². The Labute approximate surface area is 112 Å². The summed E-state index contributed by atoms with van der Waals surface area (Å²) in [5.41, 5.74) is 0. The van der Waals surface area contributed by atoms with Crippen LogP contribution in [0.4, 0.5) is 13.2 Å². The number of nitrogens with one attached hydrogen (secondary N) is 1. The molecule has 2 N–H and O–H groups in total. The van der Waals surface area contributed by atoms with Crippen molar-refractivity contribution >= 4 is 0 Å². The zero-order valence-corrected chi connectivity index (χ0v) is 11.3. The Kier molecular flexibility index (Phi) is 5.12. The maximum Gasteiger partial charge on any atom is 0.391 e. The predicted molar refractivity (Wildman–Crippen MR) is 67.8 cm³/mol. The van der Waals surface area contributed by atoms with Crippen molar-refractivity contribution in [1.82, 2.24) is 5.32 Å². The van der Waals surface area contributed by atoms with Gasteiger partial charge < -0.3 is 10.4 Å². The monoisotopic (exact) mass is 279 g/mol. The van der Waals surface area contributed by atoms with Crippen molar-refractivity contribution in [2.75, 3.05) is 6.61 Å². The number of aliphatic hydroxyl groups excluding tert-OH is 1. The summed E-state index contributed by atoms with van der Waals surface area (Å²) in [7, 11) is 0. The van der Waals surface area contributed by atoms with Gasteiger partial charge in [0.1, 0.15) is 0 Å². The first-order valence-electron chi connectivity index (χ1n) is 7.44. The Bertz CT molecular complexity index is 282. The summed E-state index contributed by atoms with van der Waals surface area (Å²) in [6.07, 6.45) is 2.13. The number of alkyl halides is 3. The van der Waals surface area contributed by atoms with Gasteiger partial charge in [-0.3, -0.25) is 0 Å². The molecule has 5 heteroatoms. The van der Waals surface area contributed by atoms with Crippen LogP contribution in [0.25, 0.3) is 0 Å². The molecule has 0 unspecified atom stereocenters. The first-order chi connectivity index (χ1) is 9.00. The van der Waals surface area contributed by atoms with Gasteiger partial charge in [0.05, 0.1) is 5.92 Å². The molecule has 2 fully saturated rings. The quantitative estimate of drug-likeness (QED) is 0.831. The topological polar surface area (TPSA) is 32.3 Å². The Balaban J connectivity index is 1.87. The normalized spacial score (nSPS) is 37.3. The second-order valence-corrected chi connectivity index (χ2v) is 6.10. The lowest BCUT2D eigenvalue weighted by molar-refractivity contribution is -0.184. The van der Waals surface area contributed by atoms with Gasteiger partial charge in [0.15, 0.2) is 0 Å². The van der Waals surface area contributed by atoms with E-state index in [9.17, 15) is 18.3 Å². The van der Waals surface area contributed by atoms with Gasteiger partial charge in [-0.25, -0.2) is 0 Å². The molecule has 0 aromatic rings. The van der Waals surface area contributed by atoms with Gasteiger partial charge in [-0.1, -0.05) is 19.3 Å². The minimum Gasteiger partial charge on any atom is -0.396 e. The van der Waals surface area contributed by atoms with Crippen LogP contribution in [0.1, 0.15) is 51.4 Å². The van der Waals surface area contributed by atoms with Gasteiger partial charge in [-0.15, -0.1) is 0 Å². The highest BCUT2D eigenvalue weighted by atomic mass is 19.4. The lowest BCUT2D eigenvalue weighted by atomic mass is 9.81. The van der Waals surface area contributed by atoms with Crippen molar-refractivity contribution in [2.24, 2.45) is 11.8 Å². The highest BCUT2D eigenvalue weighted by Gasteiger charge is 2.42. The van der Waals surface area contributed by atoms with E-state index in [1.165, 1.54) is 0 Å². The minimum atomic E-state index is -4.05. The van der Waals surface area contributed by atoms with E-state index in [0.29, 0.717) is 6.42 Å². The van der Waals surface area contributed by atoms with Crippen molar-refractivity contribution in [2.45, 2.75) is 69.6 Å². The first kappa shape index (κ1) is 15.1. The zero-order chi connectivity index (χ0) is 13.9. The van der Waals surface area contributed by atoms with Gasteiger partial charge in [0, 0.05) is 18.7 Å². The molecule has 0 radical (unpaired) electrons. The summed E-state index contributed by atoms with van der Waals surface area (Å²) < 4.78 is 38.3. The number of hydrogen-bond acceptors (Lipinski definition) is 2. The standard InChI is InChI=1S/C14H24F3NO/c15-14(16,17)11-5-3-6-12(8-11)18-13-7-2-1-4-10(13)9-19/h10-13,18-19H,1-9H2/t10-,11+,12+,13-/m0/s1. The molecule has 2 rings (SSSR count). The van der Waals surface area contributed by atoms with Crippen LogP contribution in [-0.2, 0) is 0 Å². The van der Waals surface area contributed by atoms with E-state index < -0.39 is 12.1 Å². The van der Waals surface area contributed by atoms with E-state index in [0.717, 1.165) is 32.1 Å². The molecule has 0 bridgehead atoms. The van der Waals surface area contributed by atoms with Crippen LogP contribution >= 0.6 is 0 Å². The third-order valence-electron chi connectivity index (χ3n) is 4.73. The van der Waals surface area contributed by atoms with Crippen LogP contribution in [0.5, 0.6) is 0 Å². The zero-order valence-electron chi connectivity index (χ0n) is 11.3. The molecule has 2 saturated carbocycles. The fraction of sp³-hybridized carbons (Fsp3) is 1.00. The summed E-state index contributed by atoms with van der Waals surface area (Å²) in [5, 5.41) is 12.8. The molecule has 0 amide bonds. The summed E-state index contributed by atoms with van der Waals surface area (Å²) in [5.74, 6) is -0.921. The maximum atomic E-state index is 12.8. The molecule has 0 aromatic heterocycles. The van der Waals surface area contributed by atoms with Crippen molar-refractivity contribution in [3.05, 3.63) is 0 Å².